The molecule has 1 saturated heterocycles. The molecule has 1 unspecified atom stereocenters. The van der Waals surface area contributed by atoms with Crippen molar-refractivity contribution >= 4 is 36.2 Å². The fourth-order valence-corrected chi connectivity index (χ4v) is 3.47. The highest BCUT2D eigenvalue weighted by Gasteiger charge is 2.21. The number of rotatable bonds is 3. The SMILES string of the molecule is CC(C)(C)c1csc(CN2CCCC(CN)C2)n1.Cl.Cl. The fraction of sp³-hybridized carbons (Fsp3) is 0.786. The van der Waals surface area contributed by atoms with Crippen LogP contribution in [0.15, 0.2) is 5.38 Å². The monoisotopic (exact) mass is 339 g/mol. The molecule has 1 aliphatic heterocycles. The second-order valence-corrected chi connectivity index (χ2v) is 7.30. The van der Waals surface area contributed by atoms with Gasteiger partial charge < -0.3 is 5.73 Å². The van der Waals surface area contributed by atoms with Gasteiger partial charge in [0.1, 0.15) is 5.01 Å². The number of nitrogens with zero attached hydrogens (tertiary/aromatic N) is 2. The molecule has 20 heavy (non-hydrogen) atoms. The molecule has 1 aliphatic rings. The Balaban J connectivity index is 0.00000180. The Morgan fingerprint density at radius 2 is 2.10 bits per heavy atom. The summed E-state index contributed by atoms with van der Waals surface area (Å²) >= 11 is 1.79. The lowest BCUT2D eigenvalue weighted by molar-refractivity contribution is 0.170. The summed E-state index contributed by atoms with van der Waals surface area (Å²) in [7, 11) is 0. The van der Waals surface area contributed by atoms with Crippen LogP contribution in [0, 0.1) is 5.92 Å². The van der Waals surface area contributed by atoms with E-state index in [1.54, 1.807) is 11.3 Å². The molecule has 2 rings (SSSR count). The van der Waals surface area contributed by atoms with Crippen LogP contribution in [-0.4, -0.2) is 29.5 Å². The van der Waals surface area contributed by atoms with E-state index in [2.05, 4.69) is 31.1 Å². The van der Waals surface area contributed by atoms with Crippen molar-refractivity contribution in [2.75, 3.05) is 19.6 Å². The molecule has 1 atom stereocenters. The molecule has 2 N–H and O–H groups in total. The molecule has 0 radical (unpaired) electrons. The molecular weight excluding hydrogens is 313 g/mol. The molecule has 6 heteroatoms. The van der Waals surface area contributed by atoms with Crippen LogP contribution < -0.4 is 5.73 Å². The minimum Gasteiger partial charge on any atom is -0.330 e. The zero-order chi connectivity index (χ0) is 13.2. The molecular formula is C14H27Cl2N3S. The molecule has 0 amide bonds. The number of nitrogens with two attached hydrogens (primary N) is 1. The van der Waals surface area contributed by atoms with E-state index < -0.39 is 0 Å². The average Bonchev–Trinajstić information content (AvgIpc) is 2.77. The van der Waals surface area contributed by atoms with E-state index in [1.165, 1.54) is 30.1 Å². The summed E-state index contributed by atoms with van der Waals surface area (Å²) in [4.78, 5) is 7.28. The molecule has 0 bridgehead atoms. The predicted molar refractivity (Wildman–Crippen MR) is 92.4 cm³/mol. The largest absolute Gasteiger partial charge is 0.330 e. The quantitative estimate of drug-likeness (QED) is 0.916. The predicted octanol–water partition coefficient (Wildman–Crippen LogP) is 3.45. The molecule has 118 valence electrons. The number of hydrogen-bond donors (Lipinski definition) is 1. The number of piperidine rings is 1. The van der Waals surface area contributed by atoms with Crippen LogP contribution in [0.25, 0.3) is 0 Å². The summed E-state index contributed by atoms with van der Waals surface area (Å²) in [5, 5.41) is 3.46. The first kappa shape index (κ1) is 20.1. The van der Waals surface area contributed by atoms with E-state index in [0.717, 1.165) is 19.6 Å². The highest BCUT2D eigenvalue weighted by molar-refractivity contribution is 7.09. The van der Waals surface area contributed by atoms with Gasteiger partial charge in [-0.25, -0.2) is 4.98 Å². The van der Waals surface area contributed by atoms with E-state index >= 15 is 0 Å². The average molecular weight is 340 g/mol. The van der Waals surface area contributed by atoms with Crippen LogP contribution in [0.1, 0.15) is 44.3 Å². The lowest BCUT2D eigenvalue weighted by Crippen LogP contribution is -2.37. The first-order chi connectivity index (χ1) is 8.49. The van der Waals surface area contributed by atoms with Crippen molar-refractivity contribution < 1.29 is 0 Å². The number of thiazole rings is 1. The summed E-state index contributed by atoms with van der Waals surface area (Å²) in [6.45, 7) is 10.8. The highest BCUT2D eigenvalue weighted by atomic mass is 35.5. The molecule has 0 aliphatic carbocycles. The zero-order valence-corrected chi connectivity index (χ0v) is 15.0. The third-order valence-corrected chi connectivity index (χ3v) is 4.45. The number of likely N-dealkylation sites (tertiary alicyclic amines) is 1. The number of halogens is 2. The maximum absolute atomic E-state index is 5.78. The van der Waals surface area contributed by atoms with Crippen molar-refractivity contribution in [2.45, 2.75) is 45.6 Å². The first-order valence-corrected chi connectivity index (χ1v) is 7.74. The van der Waals surface area contributed by atoms with Gasteiger partial charge in [0, 0.05) is 17.3 Å². The molecule has 0 saturated carbocycles. The summed E-state index contributed by atoms with van der Waals surface area (Å²) in [6.07, 6.45) is 2.57. The van der Waals surface area contributed by atoms with Gasteiger partial charge in [-0.2, -0.15) is 0 Å². The van der Waals surface area contributed by atoms with Gasteiger partial charge in [0.25, 0.3) is 0 Å². The molecule has 1 fully saturated rings. The topological polar surface area (TPSA) is 42.1 Å². The van der Waals surface area contributed by atoms with Crippen molar-refractivity contribution in [3.63, 3.8) is 0 Å². The number of hydrogen-bond acceptors (Lipinski definition) is 4. The minimum absolute atomic E-state index is 0. The van der Waals surface area contributed by atoms with E-state index in [0.29, 0.717) is 5.92 Å². The van der Waals surface area contributed by atoms with Gasteiger partial charge in [-0.3, -0.25) is 4.90 Å². The maximum Gasteiger partial charge on any atom is 0.107 e. The highest BCUT2D eigenvalue weighted by Crippen LogP contribution is 2.25. The van der Waals surface area contributed by atoms with Crippen LogP contribution in [0.2, 0.25) is 0 Å². The summed E-state index contributed by atoms with van der Waals surface area (Å²) < 4.78 is 0. The van der Waals surface area contributed by atoms with Gasteiger partial charge in [0.2, 0.25) is 0 Å². The third kappa shape index (κ3) is 5.49. The molecule has 0 aromatic carbocycles. The van der Waals surface area contributed by atoms with Gasteiger partial charge >= 0.3 is 0 Å². The lowest BCUT2D eigenvalue weighted by Gasteiger charge is -2.31. The lowest BCUT2D eigenvalue weighted by atomic mass is 9.93. The van der Waals surface area contributed by atoms with Crippen molar-refractivity contribution in [3.8, 4) is 0 Å². The van der Waals surface area contributed by atoms with E-state index in [1.807, 2.05) is 0 Å². The Morgan fingerprint density at radius 3 is 2.65 bits per heavy atom. The normalized spacial score (nSPS) is 20.1. The second kappa shape index (κ2) is 8.54. The Hall–Kier alpha value is 0.130. The van der Waals surface area contributed by atoms with Crippen molar-refractivity contribution in [3.05, 3.63) is 16.1 Å². The Labute approximate surface area is 139 Å². The molecule has 0 spiro atoms. The number of aromatic nitrogens is 1. The van der Waals surface area contributed by atoms with Crippen LogP contribution in [0.4, 0.5) is 0 Å². The van der Waals surface area contributed by atoms with Crippen LogP contribution >= 0.6 is 36.2 Å². The standard InChI is InChI=1S/C14H25N3S.2ClH/c1-14(2,3)12-10-18-13(16-12)9-17-6-4-5-11(7-15)8-17;;/h10-11H,4-9,15H2,1-3H3;2*1H. The van der Waals surface area contributed by atoms with Crippen molar-refractivity contribution in [1.29, 1.82) is 0 Å². The van der Waals surface area contributed by atoms with Crippen molar-refractivity contribution in [2.24, 2.45) is 11.7 Å². The third-order valence-electron chi connectivity index (χ3n) is 3.62. The van der Waals surface area contributed by atoms with E-state index in [-0.39, 0.29) is 30.2 Å². The van der Waals surface area contributed by atoms with Gasteiger partial charge in [-0.15, -0.1) is 36.2 Å². The van der Waals surface area contributed by atoms with E-state index in [4.69, 9.17) is 10.7 Å². The van der Waals surface area contributed by atoms with Crippen molar-refractivity contribution in [1.82, 2.24) is 9.88 Å². The summed E-state index contributed by atoms with van der Waals surface area (Å²) in [5.74, 6) is 0.681. The maximum atomic E-state index is 5.78. The van der Waals surface area contributed by atoms with Gasteiger partial charge in [-0.05, 0) is 31.8 Å². The van der Waals surface area contributed by atoms with Gasteiger partial charge in [-0.1, -0.05) is 20.8 Å². The first-order valence-electron chi connectivity index (χ1n) is 6.86. The second-order valence-electron chi connectivity index (χ2n) is 6.36. The molecule has 1 aromatic heterocycles. The van der Waals surface area contributed by atoms with Crippen LogP contribution in [0.5, 0.6) is 0 Å². The summed E-state index contributed by atoms with van der Waals surface area (Å²) in [5.41, 5.74) is 7.16. The smallest absolute Gasteiger partial charge is 0.107 e. The van der Waals surface area contributed by atoms with Gasteiger partial charge in [0.15, 0.2) is 0 Å². The minimum atomic E-state index is 0. The Morgan fingerprint density at radius 1 is 1.40 bits per heavy atom. The molecule has 2 heterocycles. The Kier molecular flexibility index (Phi) is 8.60. The fourth-order valence-electron chi connectivity index (χ4n) is 2.41. The van der Waals surface area contributed by atoms with E-state index in [9.17, 15) is 0 Å². The van der Waals surface area contributed by atoms with Gasteiger partial charge in [0.05, 0.1) is 12.2 Å². The zero-order valence-electron chi connectivity index (χ0n) is 12.6. The van der Waals surface area contributed by atoms with Crippen LogP contribution in [-0.2, 0) is 12.0 Å². The molecule has 1 aromatic rings. The Bertz CT molecular complexity index is 390. The molecule has 3 nitrogen and oxygen atoms in total. The summed E-state index contributed by atoms with van der Waals surface area (Å²) in [6, 6.07) is 0. The van der Waals surface area contributed by atoms with Crippen LogP contribution in [0.3, 0.4) is 0 Å².